The summed E-state index contributed by atoms with van der Waals surface area (Å²) in [6.45, 7) is 1.26. The number of carbonyl (C=O) groups excluding carboxylic acids is 1. The van der Waals surface area contributed by atoms with Crippen LogP contribution in [-0.2, 0) is 11.2 Å². The van der Waals surface area contributed by atoms with E-state index in [1.807, 2.05) is 11.1 Å². The zero-order valence-electron chi connectivity index (χ0n) is 15.3. The molecule has 0 atom stereocenters. The molecule has 2 heterocycles. The maximum Gasteiger partial charge on any atom is 0.335 e. The van der Waals surface area contributed by atoms with Gasteiger partial charge in [0.1, 0.15) is 5.82 Å². The molecule has 1 amide bonds. The zero-order valence-corrected chi connectivity index (χ0v) is 15.3. The molecule has 5 nitrogen and oxygen atoms in total. The number of H-pyrrole nitrogens is 1. The Morgan fingerprint density at radius 3 is 2.64 bits per heavy atom. The average molecular weight is 380 g/mol. The van der Waals surface area contributed by atoms with E-state index in [1.54, 1.807) is 24.3 Å². The topological polar surface area (TPSA) is 73.4 Å². The Kier molecular flexibility index (Phi) is 4.86. The number of amides is 1. The summed E-state index contributed by atoms with van der Waals surface area (Å²) in [4.78, 5) is 28.9. The first-order chi connectivity index (χ1) is 13.5. The van der Waals surface area contributed by atoms with Crippen molar-refractivity contribution in [3.05, 3.63) is 71.2 Å². The van der Waals surface area contributed by atoms with Gasteiger partial charge in [0, 0.05) is 30.2 Å². The van der Waals surface area contributed by atoms with Crippen LogP contribution in [0.15, 0.2) is 48.7 Å². The molecule has 0 bridgehead atoms. The van der Waals surface area contributed by atoms with Crippen LogP contribution in [0, 0.1) is 5.82 Å². The van der Waals surface area contributed by atoms with E-state index in [0.29, 0.717) is 24.6 Å². The highest BCUT2D eigenvalue weighted by molar-refractivity contribution is 5.91. The van der Waals surface area contributed by atoms with Crippen LogP contribution in [0.5, 0.6) is 0 Å². The molecule has 144 valence electrons. The predicted octanol–water partition coefficient (Wildman–Crippen LogP) is 3.95. The van der Waals surface area contributed by atoms with Gasteiger partial charge < -0.3 is 15.0 Å². The number of rotatable bonds is 4. The zero-order chi connectivity index (χ0) is 19.7. The number of carbonyl (C=O) groups is 2. The van der Waals surface area contributed by atoms with Crippen LogP contribution in [0.4, 0.5) is 4.39 Å². The van der Waals surface area contributed by atoms with E-state index in [2.05, 4.69) is 4.98 Å². The summed E-state index contributed by atoms with van der Waals surface area (Å²) < 4.78 is 13.4. The minimum atomic E-state index is -1.02. The van der Waals surface area contributed by atoms with Crippen molar-refractivity contribution in [3.63, 3.8) is 0 Å². The second-order valence-electron chi connectivity index (χ2n) is 7.23. The predicted molar refractivity (Wildman–Crippen MR) is 104 cm³/mol. The number of fused-ring (bicyclic) bond motifs is 1. The van der Waals surface area contributed by atoms with Crippen molar-refractivity contribution in [2.24, 2.45) is 0 Å². The molecule has 2 aromatic carbocycles. The summed E-state index contributed by atoms with van der Waals surface area (Å²) in [6.07, 6.45) is 3.70. The Balaban J connectivity index is 1.42. The lowest BCUT2D eigenvalue weighted by Crippen LogP contribution is -2.39. The number of aromatic nitrogens is 1. The van der Waals surface area contributed by atoms with Crippen molar-refractivity contribution in [3.8, 4) is 0 Å². The van der Waals surface area contributed by atoms with Gasteiger partial charge in [0.05, 0.1) is 12.0 Å². The van der Waals surface area contributed by atoms with Gasteiger partial charge in [-0.2, -0.15) is 0 Å². The van der Waals surface area contributed by atoms with E-state index in [-0.39, 0.29) is 23.7 Å². The Labute approximate surface area is 161 Å². The lowest BCUT2D eigenvalue weighted by Gasteiger charge is -2.32. The third kappa shape index (κ3) is 3.50. The molecule has 1 fully saturated rings. The molecule has 0 saturated carbocycles. The number of nitrogens with zero attached hydrogens (tertiary/aromatic N) is 1. The molecule has 0 radical (unpaired) electrons. The smallest absolute Gasteiger partial charge is 0.335 e. The summed E-state index contributed by atoms with van der Waals surface area (Å²) in [7, 11) is 0. The average Bonchev–Trinajstić information content (AvgIpc) is 3.11. The summed E-state index contributed by atoms with van der Waals surface area (Å²) in [5, 5.41) is 10.3. The lowest BCUT2D eigenvalue weighted by molar-refractivity contribution is -0.131. The Morgan fingerprint density at radius 2 is 1.89 bits per heavy atom. The fourth-order valence-electron chi connectivity index (χ4n) is 4.06. The fourth-order valence-corrected chi connectivity index (χ4v) is 4.06. The summed E-state index contributed by atoms with van der Waals surface area (Å²) >= 11 is 0. The molecular formula is C22H21FN2O3. The van der Waals surface area contributed by atoms with E-state index in [1.165, 1.54) is 23.8 Å². The van der Waals surface area contributed by atoms with Gasteiger partial charge >= 0.3 is 5.97 Å². The number of aromatic amines is 1. The molecule has 0 aliphatic carbocycles. The number of hydrogen-bond acceptors (Lipinski definition) is 2. The fraction of sp³-hybridized carbons (Fsp3) is 0.273. The molecule has 6 heteroatoms. The Hall–Kier alpha value is -3.15. The first-order valence-corrected chi connectivity index (χ1v) is 9.38. The lowest BCUT2D eigenvalue weighted by atomic mass is 9.89. The highest BCUT2D eigenvalue weighted by atomic mass is 19.1. The van der Waals surface area contributed by atoms with Crippen molar-refractivity contribution in [2.45, 2.75) is 25.2 Å². The molecular weight excluding hydrogens is 359 g/mol. The van der Waals surface area contributed by atoms with Crippen LogP contribution in [0.1, 0.15) is 40.2 Å². The molecule has 1 aromatic heterocycles. The second kappa shape index (κ2) is 7.46. The highest BCUT2D eigenvalue weighted by Crippen LogP contribution is 2.33. The molecule has 1 aliphatic rings. The molecule has 2 N–H and O–H groups in total. The van der Waals surface area contributed by atoms with Crippen LogP contribution >= 0.6 is 0 Å². The number of hydrogen-bond donors (Lipinski definition) is 2. The summed E-state index contributed by atoms with van der Waals surface area (Å²) in [6, 6.07) is 11.4. The van der Waals surface area contributed by atoms with Crippen molar-refractivity contribution < 1.29 is 19.1 Å². The molecule has 0 spiro atoms. The molecule has 28 heavy (non-hydrogen) atoms. The first kappa shape index (κ1) is 18.2. The van der Waals surface area contributed by atoms with Crippen molar-refractivity contribution >= 4 is 22.8 Å². The van der Waals surface area contributed by atoms with E-state index in [0.717, 1.165) is 23.7 Å². The van der Waals surface area contributed by atoms with Crippen LogP contribution in [-0.4, -0.2) is 40.0 Å². The van der Waals surface area contributed by atoms with Gasteiger partial charge in [-0.1, -0.05) is 18.2 Å². The van der Waals surface area contributed by atoms with E-state index >= 15 is 0 Å². The third-order valence-electron chi connectivity index (χ3n) is 5.55. The van der Waals surface area contributed by atoms with Gasteiger partial charge in [0.15, 0.2) is 0 Å². The first-order valence-electron chi connectivity index (χ1n) is 9.38. The Bertz CT molecular complexity index is 1040. The minimum absolute atomic E-state index is 0.0480. The number of halogens is 1. The van der Waals surface area contributed by atoms with Gasteiger partial charge in [0.25, 0.3) is 0 Å². The summed E-state index contributed by atoms with van der Waals surface area (Å²) in [5.41, 5.74) is 2.68. The van der Waals surface area contributed by atoms with Crippen molar-refractivity contribution in [1.82, 2.24) is 9.88 Å². The SMILES string of the molecule is O=C(O)c1ccccc1CC(=O)N1CCC(c2c[nH]c3cc(F)ccc23)CC1. The Morgan fingerprint density at radius 1 is 1.14 bits per heavy atom. The van der Waals surface area contributed by atoms with Crippen molar-refractivity contribution in [2.75, 3.05) is 13.1 Å². The summed E-state index contributed by atoms with van der Waals surface area (Å²) in [5.74, 6) is -1.01. The molecule has 3 aromatic rings. The molecule has 0 unspecified atom stereocenters. The van der Waals surface area contributed by atoms with E-state index < -0.39 is 5.97 Å². The van der Waals surface area contributed by atoms with Crippen molar-refractivity contribution in [1.29, 1.82) is 0 Å². The monoisotopic (exact) mass is 380 g/mol. The normalized spacial score (nSPS) is 15.1. The minimum Gasteiger partial charge on any atom is -0.478 e. The number of carboxylic acid groups (broad SMARTS) is 1. The van der Waals surface area contributed by atoms with Crippen LogP contribution in [0.2, 0.25) is 0 Å². The molecule has 1 aliphatic heterocycles. The number of piperidine rings is 1. The maximum absolute atomic E-state index is 13.4. The highest BCUT2D eigenvalue weighted by Gasteiger charge is 2.26. The second-order valence-corrected chi connectivity index (χ2v) is 7.23. The number of nitrogens with one attached hydrogen (secondary N) is 1. The van der Waals surface area contributed by atoms with Gasteiger partial charge in [0.2, 0.25) is 5.91 Å². The maximum atomic E-state index is 13.4. The quantitative estimate of drug-likeness (QED) is 0.720. The van der Waals surface area contributed by atoms with Gasteiger partial charge in [-0.3, -0.25) is 4.79 Å². The third-order valence-corrected chi connectivity index (χ3v) is 5.55. The van der Waals surface area contributed by atoms with Gasteiger partial charge in [-0.25, -0.2) is 9.18 Å². The molecule has 1 saturated heterocycles. The van der Waals surface area contributed by atoms with Crippen LogP contribution in [0.25, 0.3) is 10.9 Å². The molecule has 4 rings (SSSR count). The van der Waals surface area contributed by atoms with Crippen LogP contribution in [0.3, 0.4) is 0 Å². The number of carboxylic acids is 1. The van der Waals surface area contributed by atoms with E-state index in [4.69, 9.17) is 0 Å². The van der Waals surface area contributed by atoms with Crippen LogP contribution < -0.4 is 0 Å². The van der Waals surface area contributed by atoms with Gasteiger partial charge in [-0.05, 0) is 54.2 Å². The van der Waals surface area contributed by atoms with Gasteiger partial charge in [-0.15, -0.1) is 0 Å². The number of benzene rings is 2. The number of aromatic carboxylic acids is 1. The van der Waals surface area contributed by atoms with E-state index in [9.17, 15) is 19.1 Å². The largest absolute Gasteiger partial charge is 0.478 e. The number of likely N-dealkylation sites (tertiary alicyclic amines) is 1. The standard InChI is InChI=1S/C22H21FN2O3/c23-16-5-6-18-19(13-24-20(18)12-16)14-7-9-25(10-8-14)21(26)11-15-3-1-2-4-17(15)22(27)28/h1-6,12-14,24H,7-11H2,(H,27,28).